The summed E-state index contributed by atoms with van der Waals surface area (Å²) in [6.45, 7) is 2.82. The first-order valence-corrected chi connectivity index (χ1v) is 4.93. The number of nitrogens with two attached hydrogens (primary N) is 1. The highest BCUT2D eigenvalue weighted by molar-refractivity contribution is 5.65. The highest BCUT2D eigenvalue weighted by atomic mass is 16.3. The molecule has 14 heavy (non-hydrogen) atoms. The Morgan fingerprint density at radius 2 is 2.29 bits per heavy atom. The summed E-state index contributed by atoms with van der Waals surface area (Å²) in [6, 6.07) is 5.53. The Morgan fingerprint density at radius 1 is 1.50 bits per heavy atom. The Balaban J connectivity index is 2.30. The largest absolute Gasteiger partial charge is 0.508 e. The molecule has 1 atom stereocenters. The SMILES string of the molecule is CC(CN)C1=Cc2cc(O)ccc2C1. The van der Waals surface area contributed by atoms with Crippen molar-refractivity contribution in [2.24, 2.45) is 11.7 Å². The first-order valence-electron chi connectivity index (χ1n) is 4.93. The molecule has 74 valence electrons. The van der Waals surface area contributed by atoms with Crippen LogP contribution >= 0.6 is 0 Å². The van der Waals surface area contributed by atoms with Gasteiger partial charge in [0, 0.05) is 0 Å². The van der Waals surface area contributed by atoms with Crippen LogP contribution < -0.4 is 5.73 Å². The van der Waals surface area contributed by atoms with Gasteiger partial charge in [-0.3, -0.25) is 0 Å². The summed E-state index contributed by atoms with van der Waals surface area (Å²) >= 11 is 0. The molecule has 1 aromatic carbocycles. The molecular weight excluding hydrogens is 174 g/mol. The predicted molar refractivity (Wildman–Crippen MR) is 58.0 cm³/mol. The van der Waals surface area contributed by atoms with Gasteiger partial charge in [0.2, 0.25) is 0 Å². The monoisotopic (exact) mass is 189 g/mol. The standard InChI is InChI=1S/C12H15NO/c1-8(7-13)10-4-9-2-3-12(14)6-11(9)5-10/h2-3,5-6,8,14H,4,7,13H2,1H3. The lowest BCUT2D eigenvalue weighted by atomic mass is 10.00. The summed E-state index contributed by atoms with van der Waals surface area (Å²) in [4.78, 5) is 0. The number of phenolic OH excluding ortho intramolecular Hbond substituents is 1. The molecule has 0 saturated carbocycles. The molecule has 1 unspecified atom stereocenters. The second-order valence-electron chi connectivity index (χ2n) is 3.92. The smallest absolute Gasteiger partial charge is 0.116 e. The number of benzene rings is 1. The van der Waals surface area contributed by atoms with Crippen LogP contribution in [0.15, 0.2) is 23.8 Å². The molecule has 0 amide bonds. The van der Waals surface area contributed by atoms with Gasteiger partial charge in [0.25, 0.3) is 0 Å². The third-order valence-corrected chi connectivity index (χ3v) is 2.85. The average molecular weight is 189 g/mol. The number of hydrogen-bond acceptors (Lipinski definition) is 2. The zero-order valence-electron chi connectivity index (χ0n) is 8.33. The van der Waals surface area contributed by atoms with Gasteiger partial charge in [-0.15, -0.1) is 0 Å². The summed E-state index contributed by atoms with van der Waals surface area (Å²) in [5, 5.41) is 9.32. The highest BCUT2D eigenvalue weighted by Gasteiger charge is 2.16. The molecule has 1 aromatic rings. The summed E-state index contributed by atoms with van der Waals surface area (Å²) in [5.74, 6) is 0.770. The van der Waals surface area contributed by atoms with Crippen molar-refractivity contribution in [1.82, 2.24) is 0 Å². The van der Waals surface area contributed by atoms with Crippen molar-refractivity contribution >= 4 is 6.08 Å². The van der Waals surface area contributed by atoms with Crippen molar-refractivity contribution in [3.8, 4) is 5.75 Å². The van der Waals surface area contributed by atoms with E-state index in [4.69, 9.17) is 5.73 Å². The third-order valence-electron chi connectivity index (χ3n) is 2.85. The Morgan fingerprint density at radius 3 is 3.00 bits per heavy atom. The van der Waals surface area contributed by atoms with Gasteiger partial charge in [0.05, 0.1) is 0 Å². The maximum atomic E-state index is 9.32. The molecule has 0 fully saturated rings. The minimum absolute atomic E-state index is 0.335. The van der Waals surface area contributed by atoms with E-state index in [9.17, 15) is 5.11 Å². The minimum atomic E-state index is 0.335. The summed E-state index contributed by atoms with van der Waals surface area (Å²) in [7, 11) is 0. The fourth-order valence-corrected chi connectivity index (χ4v) is 1.82. The van der Waals surface area contributed by atoms with Crippen molar-refractivity contribution in [1.29, 1.82) is 0 Å². The molecular formula is C12H15NO. The van der Waals surface area contributed by atoms with E-state index in [1.165, 1.54) is 11.1 Å². The number of hydrogen-bond donors (Lipinski definition) is 2. The maximum absolute atomic E-state index is 9.32. The van der Waals surface area contributed by atoms with Crippen LogP contribution in [0.3, 0.4) is 0 Å². The van der Waals surface area contributed by atoms with Crippen molar-refractivity contribution < 1.29 is 5.11 Å². The molecule has 0 aromatic heterocycles. The van der Waals surface area contributed by atoms with E-state index in [2.05, 4.69) is 13.0 Å². The fourth-order valence-electron chi connectivity index (χ4n) is 1.82. The molecule has 3 N–H and O–H groups in total. The predicted octanol–water partition coefficient (Wildman–Crippen LogP) is 1.93. The molecule has 1 aliphatic carbocycles. The second kappa shape index (κ2) is 3.46. The Hall–Kier alpha value is -1.28. The molecule has 0 spiro atoms. The van der Waals surface area contributed by atoms with Crippen LogP contribution in [0.2, 0.25) is 0 Å². The van der Waals surface area contributed by atoms with Crippen LogP contribution in [-0.2, 0) is 6.42 Å². The molecule has 2 heteroatoms. The van der Waals surface area contributed by atoms with Crippen LogP contribution in [0.1, 0.15) is 18.1 Å². The van der Waals surface area contributed by atoms with E-state index in [1.54, 1.807) is 6.07 Å². The lowest BCUT2D eigenvalue weighted by Crippen LogP contribution is -2.12. The molecule has 2 nitrogen and oxygen atoms in total. The first-order chi connectivity index (χ1) is 6.70. The van der Waals surface area contributed by atoms with Gasteiger partial charge >= 0.3 is 0 Å². The first kappa shape index (κ1) is 9.28. The maximum Gasteiger partial charge on any atom is 0.116 e. The number of rotatable bonds is 2. The van der Waals surface area contributed by atoms with Gasteiger partial charge in [-0.25, -0.2) is 0 Å². The van der Waals surface area contributed by atoms with Crippen LogP contribution in [-0.4, -0.2) is 11.7 Å². The van der Waals surface area contributed by atoms with Crippen LogP contribution in [0.4, 0.5) is 0 Å². The Bertz CT molecular complexity index is 382. The van der Waals surface area contributed by atoms with Crippen molar-refractivity contribution in [2.75, 3.05) is 6.54 Å². The summed E-state index contributed by atoms with van der Waals surface area (Å²) in [5.41, 5.74) is 9.42. The van der Waals surface area contributed by atoms with Crippen molar-refractivity contribution in [3.63, 3.8) is 0 Å². The van der Waals surface area contributed by atoms with Crippen LogP contribution in [0, 0.1) is 5.92 Å². The average Bonchev–Trinajstić information content (AvgIpc) is 2.59. The van der Waals surface area contributed by atoms with E-state index in [-0.39, 0.29) is 0 Å². The van der Waals surface area contributed by atoms with Gasteiger partial charge in [-0.05, 0) is 42.1 Å². The molecule has 0 heterocycles. The van der Waals surface area contributed by atoms with Crippen molar-refractivity contribution in [2.45, 2.75) is 13.3 Å². The number of phenols is 1. The Labute approximate surface area is 84.1 Å². The van der Waals surface area contributed by atoms with Gasteiger partial charge in [0.1, 0.15) is 5.75 Å². The molecule has 0 bridgehead atoms. The van der Waals surface area contributed by atoms with Crippen molar-refractivity contribution in [3.05, 3.63) is 34.9 Å². The van der Waals surface area contributed by atoms with E-state index in [0.717, 1.165) is 12.0 Å². The van der Waals surface area contributed by atoms with Gasteiger partial charge in [0.15, 0.2) is 0 Å². The van der Waals surface area contributed by atoms with E-state index in [0.29, 0.717) is 18.2 Å². The minimum Gasteiger partial charge on any atom is -0.508 e. The molecule has 0 saturated heterocycles. The van der Waals surface area contributed by atoms with Crippen LogP contribution in [0.25, 0.3) is 6.08 Å². The zero-order valence-corrected chi connectivity index (χ0v) is 8.33. The van der Waals surface area contributed by atoms with Gasteiger partial charge in [-0.2, -0.15) is 0 Å². The molecule has 1 aliphatic rings. The normalized spacial score (nSPS) is 16.3. The Kier molecular flexibility index (Phi) is 2.30. The molecule has 0 aliphatic heterocycles. The van der Waals surface area contributed by atoms with Gasteiger partial charge in [-0.1, -0.05) is 24.6 Å². The van der Waals surface area contributed by atoms with E-state index < -0.39 is 0 Å². The molecule has 2 rings (SSSR count). The number of aromatic hydroxyl groups is 1. The lowest BCUT2D eigenvalue weighted by molar-refractivity contribution is 0.475. The topological polar surface area (TPSA) is 46.2 Å². The van der Waals surface area contributed by atoms with Crippen LogP contribution in [0.5, 0.6) is 5.75 Å². The van der Waals surface area contributed by atoms with E-state index in [1.807, 2.05) is 12.1 Å². The lowest BCUT2D eigenvalue weighted by Gasteiger charge is -2.08. The van der Waals surface area contributed by atoms with Gasteiger partial charge < -0.3 is 10.8 Å². The quantitative estimate of drug-likeness (QED) is 0.746. The van der Waals surface area contributed by atoms with E-state index >= 15 is 0 Å². The fraction of sp³-hybridized carbons (Fsp3) is 0.333. The second-order valence-corrected chi connectivity index (χ2v) is 3.92. The zero-order chi connectivity index (χ0) is 10.1. The third kappa shape index (κ3) is 1.53. The number of fused-ring (bicyclic) bond motifs is 1. The summed E-state index contributed by atoms with van der Waals surface area (Å²) < 4.78 is 0. The highest BCUT2D eigenvalue weighted by Crippen LogP contribution is 2.31. The summed E-state index contributed by atoms with van der Waals surface area (Å²) in [6.07, 6.45) is 3.13. The molecule has 0 radical (unpaired) electrons.